The molecule has 1 N–H and O–H groups in total. The van der Waals surface area contributed by atoms with Crippen LogP contribution in [0.25, 0.3) is 0 Å². The highest BCUT2D eigenvalue weighted by Gasteiger charge is 2.31. The zero-order valence-electron chi connectivity index (χ0n) is 19.8. The van der Waals surface area contributed by atoms with Crippen molar-refractivity contribution in [3.63, 3.8) is 0 Å². The van der Waals surface area contributed by atoms with E-state index in [0.29, 0.717) is 23.7 Å². The molecule has 0 fully saturated rings. The van der Waals surface area contributed by atoms with Crippen LogP contribution in [0, 0.1) is 13.8 Å². The van der Waals surface area contributed by atoms with Gasteiger partial charge in [-0.15, -0.1) is 0 Å². The molecule has 0 aliphatic rings. The number of amides is 2. The van der Waals surface area contributed by atoms with Gasteiger partial charge in [0.05, 0.1) is 11.9 Å². The van der Waals surface area contributed by atoms with E-state index in [9.17, 15) is 18.0 Å². The Morgan fingerprint density at radius 2 is 1.70 bits per heavy atom. The molecule has 2 aromatic carbocycles. The Bertz CT molecular complexity index is 1090. The summed E-state index contributed by atoms with van der Waals surface area (Å²) >= 11 is 5.99. The highest BCUT2D eigenvalue weighted by molar-refractivity contribution is 7.92. The molecule has 0 saturated carbocycles. The van der Waals surface area contributed by atoms with Crippen LogP contribution in [0.5, 0.6) is 0 Å². The lowest BCUT2D eigenvalue weighted by molar-refractivity contribution is -0.140. The first-order valence-electron chi connectivity index (χ1n) is 10.8. The van der Waals surface area contributed by atoms with Crippen molar-refractivity contribution in [2.45, 2.75) is 46.7 Å². The molecule has 7 nitrogen and oxygen atoms in total. The number of carbonyl (C=O) groups excluding carboxylic acids is 2. The third-order valence-corrected chi connectivity index (χ3v) is 6.68. The second-order valence-corrected chi connectivity index (χ2v) is 10.4. The van der Waals surface area contributed by atoms with Crippen LogP contribution in [-0.4, -0.2) is 50.5 Å². The number of carbonyl (C=O) groups is 2. The van der Waals surface area contributed by atoms with Gasteiger partial charge in [0, 0.05) is 18.1 Å². The molecule has 9 heteroatoms. The van der Waals surface area contributed by atoms with Crippen molar-refractivity contribution in [3.05, 3.63) is 64.2 Å². The minimum absolute atomic E-state index is 0.149. The summed E-state index contributed by atoms with van der Waals surface area (Å²) < 4.78 is 26.4. The molecule has 2 amide bonds. The molecule has 0 saturated heterocycles. The average molecular weight is 494 g/mol. The number of nitrogens with zero attached hydrogens (tertiary/aromatic N) is 2. The topological polar surface area (TPSA) is 86.8 Å². The minimum Gasteiger partial charge on any atom is -0.355 e. The van der Waals surface area contributed by atoms with E-state index < -0.39 is 28.5 Å². The largest absolute Gasteiger partial charge is 0.355 e. The summed E-state index contributed by atoms with van der Waals surface area (Å²) in [5, 5.41) is 3.33. The van der Waals surface area contributed by atoms with Crippen LogP contribution in [-0.2, 0) is 26.2 Å². The smallest absolute Gasteiger partial charge is 0.244 e. The molecule has 2 aromatic rings. The van der Waals surface area contributed by atoms with Gasteiger partial charge in [-0.2, -0.15) is 0 Å². The number of aryl methyl sites for hydroxylation is 2. The quantitative estimate of drug-likeness (QED) is 0.547. The molecule has 180 valence electrons. The Labute approximate surface area is 201 Å². The van der Waals surface area contributed by atoms with Crippen LogP contribution in [0.1, 0.15) is 37.0 Å². The molecule has 0 radical (unpaired) electrons. The highest BCUT2D eigenvalue weighted by atomic mass is 35.5. The summed E-state index contributed by atoms with van der Waals surface area (Å²) in [4.78, 5) is 27.7. The summed E-state index contributed by atoms with van der Waals surface area (Å²) in [6.45, 7) is 7.51. The second-order valence-electron chi connectivity index (χ2n) is 8.03. The van der Waals surface area contributed by atoms with Crippen molar-refractivity contribution < 1.29 is 18.0 Å². The van der Waals surface area contributed by atoms with E-state index in [-0.39, 0.29) is 12.5 Å². The maximum Gasteiger partial charge on any atom is 0.244 e. The number of rotatable bonds is 10. The lowest BCUT2D eigenvalue weighted by atomic mass is 10.1. The lowest BCUT2D eigenvalue weighted by Crippen LogP contribution is -2.52. The summed E-state index contributed by atoms with van der Waals surface area (Å²) in [6.07, 6.45) is 1.46. The molecule has 2 rings (SSSR count). The standard InChI is InChI=1S/C24H32ClN3O4S/c1-6-21(24(30)26-7-2)27(15-19-9-11-20(25)12-10-19)23(29)16-28(33(5,31)32)22-13-8-17(3)14-18(22)4/h8-14,21H,6-7,15-16H2,1-5H3,(H,26,30)/t21-/m0/s1. The van der Waals surface area contributed by atoms with Gasteiger partial charge in [0.15, 0.2) is 0 Å². The molecule has 0 spiro atoms. The minimum atomic E-state index is -3.76. The van der Waals surface area contributed by atoms with Crippen molar-refractivity contribution in [2.24, 2.45) is 0 Å². The fourth-order valence-corrected chi connectivity index (χ4v) is 4.71. The summed E-state index contributed by atoms with van der Waals surface area (Å²) in [7, 11) is -3.76. The monoisotopic (exact) mass is 493 g/mol. The van der Waals surface area contributed by atoms with Crippen molar-refractivity contribution in [2.75, 3.05) is 23.7 Å². The first-order valence-corrected chi connectivity index (χ1v) is 13.1. The van der Waals surface area contributed by atoms with E-state index in [4.69, 9.17) is 11.6 Å². The van der Waals surface area contributed by atoms with Gasteiger partial charge < -0.3 is 10.2 Å². The number of hydrogen-bond donors (Lipinski definition) is 1. The summed E-state index contributed by atoms with van der Waals surface area (Å²) in [5.41, 5.74) is 2.96. The third kappa shape index (κ3) is 7.20. The van der Waals surface area contributed by atoms with Crippen LogP contribution in [0.2, 0.25) is 5.02 Å². The zero-order chi connectivity index (χ0) is 24.8. The van der Waals surface area contributed by atoms with Crippen LogP contribution < -0.4 is 9.62 Å². The summed E-state index contributed by atoms with van der Waals surface area (Å²) in [5.74, 6) is -0.742. The molecule has 0 aliphatic carbocycles. The number of benzene rings is 2. The fourth-order valence-electron chi connectivity index (χ4n) is 3.68. The first-order chi connectivity index (χ1) is 15.5. The van der Waals surface area contributed by atoms with Crippen molar-refractivity contribution >= 4 is 39.1 Å². The number of sulfonamides is 1. The van der Waals surface area contributed by atoms with Gasteiger partial charge in [0.25, 0.3) is 0 Å². The Morgan fingerprint density at radius 1 is 1.06 bits per heavy atom. The molecule has 0 aromatic heterocycles. The molecule has 0 bridgehead atoms. The average Bonchev–Trinajstić information content (AvgIpc) is 2.73. The molecule has 33 heavy (non-hydrogen) atoms. The van der Waals surface area contributed by atoms with Crippen molar-refractivity contribution in [1.29, 1.82) is 0 Å². The molecule has 0 heterocycles. The lowest BCUT2D eigenvalue weighted by Gasteiger charge is -2.33. The Kier molecular flexibility index (Phi) is 9.31. The molecular weight excluding hydrogens is 462 g/mol. The SMILES string of the molecule is CCNC(=O)[C@H](CC)N(Cc1ccc(Cl)cc1)C(=O)CN(c1ccc(C)cc1C)S(C)(=O)=O. The van der Waals surface area contributed by atoms with E-state index >= 15 is 0 Å². The zero-order valence-corrected chi connectivity index (χ0v) is 21.3. The van der Waals surface area contributed by atoms with E-state index in [1.807, 2.05) is 26.8 Å². The number of anilines is 1. The van der Waals surface area contributed by atoms with Crippen LogP contribution in [0.3, 0.4) is 0 Å². The van der Waals surface area contributed by atoms with E-state index in [0.717, 1.165) is 27.3 Å². The summed E-state index contributed by atoms with van der Waals surface area (Å²) in [6, 6.07) is 11.6. The predicted octanol–water partition coefficient (Wildman–Crippen LogP) is 3.67. The number of likely N-dealkylation sites (N-methyl/N-ethyl adjacent to an activating group) is 1. The number of halogens is 1. The van der Waals surface area contributed by atoms with Crippen LogP contribution in [0.4, 0.5) is 5.69 Å². The Balaban J connectivity index is 2.45. The molecule has 1 atom stereocenters. The van der Waals surface area contributed by atoms with E-state index in [2.05, 4.69) is 5.32 Å². The van der Waals surface area contributed by atoms with Crippen LogP contribution >= 0.6 is 11.6 Å². The van der Waals surface area contributed by atoms with Gasteiger partial charge in [-0.3, -0.25) is 13.9 Å². The van der Waals surface area contributed by atoms with E-state index in [1.54, 1.807) is 43.3 Å². The highest BCUT2D eigenvalue weighted by Crippen LogP contribution is 2.24. The van der Waals surface area contributed by atoms with Gasteiger partial charge in [0.2, 0.25) is 21.8 Å². The number of nitrogens with one attached hydrogen (secondary N) is 1. The maximum absolute atomic E-state index is 13.5. The molecular formula is C24H32ClN3O4S. The van der Waals surface area contributed by atoms with Crippen molar-refractivity contribution in [3.8, 4) is 0 Å². The van der Waals surface area contributed by atoms with Gasteiger partial charge in [-0.1, -0.05) is 48.4 Å². The third-order valence-electron chi connectivity index (χ3n) is 5.30. The normalized spacial score (nSPS) is 12.2. The second kappa shape index (κ2) is 11.5. The van der Waals surface area contributed by atoms with Gasteiger partial charge in [-0.05, 0) is 56.5 Å². The van der Waals surface area contributed by atoms with Gasteiger partial charge >= 0.3 is 0 Å². The fraction of sp³-hybridized carbons (Fsp3) is 0.417. The maximum atomic E-state index is 13.5. The van der Waals surface area contributed by atoms with E-state index in [1.165, 1.54) is 4.90 Å². The Morgan fingerprint density at radius 3 is 2.21 bits per heavy atom. The van der Waals surface area contributed by atoms with Crippen LogP contribution in [0.15, 0.2) is 42.5 Å². The first kappa shape index (κ1) is 26.7. The van der Waals surface area contributed by atoms with Gasteiger partial charge in [-0.25, -0.2) is 8.42 Å². The predicted molar refractivity (Wildman–Crippen MR) is 133 cm³/mol. The van der Waals surface area contributed by atoms with Crippen molar-refractivity contribution in [1.82, 2.24) is 10.2 Å². The molecule has 0 aliphatic heterocycles. The molecule has 0 unspecified atom stereocenters. The Hall–Kier alpha value is -2.58. The van der Waals surface area contributed by atoms with Gasteiger partial charge in [0.1, 0.15) is 12.6 Å². The number of hydrogen-bond acceptors (Lipinski definition) is 4.